The molecule has 0 aliphatic heterocycles. The molecule has 0 heterocycles. The smallest absolute Gasteiger partial charge is 0.198 e. The lowest BCUT2D eigenvalue weighted by molar-refractivity contribution is 0.414. The minimum absolute atomic E-state index is 0.0145. The Bertz CT molecular complexity index is 4440. The summed E-state index contributed by atoms with van der Waals surface area (Å²) in [5.41, 5.74) is -0.860. The van der Waals surface area contributed by atoms with Gasteiger partial charge in [-0.3, -0.25) is 0 Å². The average Bonchev–Trinajstić information content (AvgIpc) is 0.725. The third-order valence-corrected chi connectivity index (χ3v) is 34.8. The monoisotopic (exact) mass is 1500 g/mol. The van der Waals surface area contributed by atoms with Crippen LogP contribution in [0.5, 0.6) is 0 Å². The Kier molecular flexibility index (Phi) is 30.7. The van der Waals surface area contributed by atoms with E-state index in [0.29, 0.717) is 10.6 Å². The molecule has 0 amide bonds. The normalized spacial score (nSPS) is 11.4. The molecule has 103 heavy (non-hydrogen) atoms. The van der Waals surface area contributed by atoms with Crippen LogP contribution in [0.15, 0.2) is 334 Å². The van der Waals surface area contributed by atoms with Gasteiger partial charge in [-0.25, -0.2) is 35.1 Å². The molecule has 0 aliphatic carbocycles. The zero-order valence-electron chi connectivity index (χ0n) is 57.2. The van der Waals surface area contributed by atoms with Gasteiger partial charge >= 0.3 is 0 Å². The molecule has 0 spiro atoms. The fourth-order valence-electron chi connectivity index (χ4n) is 11.6. The molecule has 0 N–H and O–H groups in total. The van der Waals surface area contributed by atoms with Crippen LogP contribution in [0, 0.1) is 46.5 Å². The minimum atomic E-state index is -2.98. The molecule has 13 aromatic rings. The summed E-state index contributed by atoms with van der Waals surface area (Å²) >= 11 is 0. The molecule has 13 rings (SSSR count). The first kappa shape index (κ1) is 77.9. The van der Waals surface area contributed by atoms with Crippen molar-refractivity contribution in [2.45, 2.75) is 39.5 Å². The molecular weight excluding hydrogens is 1430 g/mol. The van der Waals surface area contributed by atoms with Crippen LogP contribution in [0.2, 0.25) is 0 Å². The summed E-state index contributed by atoms with van der Waals surface area (Å²) in [4.78, 5) is 0. The van der Waals surface area contributed by atoms with E-state index in [1.807, 2.05) is 30.3 Å². The van der Waals surface area contributed by atoms with Crippen LogP contribution in [0.3, 0.4) is 0 Å². The van der Waals surface area contributed by atoms with Gasteiger partial charge in [0.25, 0.3) is 0 Å². The number of halogens is 8. The average molecular weight is 1510 g/mol. The Hall–Kier alpha value is -7.69. The molecule has 522 valence electrons. The zero-order chi connectivity index (χ0) is 72.3. The highest BCUT2D eigenvalue weighted by Gasteiger charge is 2.40. The number of hydrogen-bond acceptors (Lipinski definition) is 0. The molecule has 0 saturated heterocycles. The molecule has 2 unspecified atom stereocenters. The highest BCUT2D eigenvalue weighted by molar-refractivity contribution is 7.92. The third kappa shape index (κ3) is 20.9. The molecular formula is C88H79F8P7. The first-order valence-electron chi connectivity index (χ1n) is 34.1. The predicted octanol–water partition coefficient (Wildman–Crippen LogP) is 20.5. The Balaban J connectivity index is 0.000000174. The topological polar surface area (TPSA) is 0 Å². The van der Waals surface area contributed by atoms with Gasteiger partial charge in [0.05, 0.1) is 0 Å². The quantitative estimate of drug-likeness (QED) is 0.0259. The highest BCUT2D eigenvalue weighted by atomic mass is 31.2. The number of hydrogen-bond donors (Lipinski definition) is 0. The Morgan fingerprint density at radius 2 is 0.485 bits per heavy atom. The van der Waals surface area contributed by atoms with Gasteiger partial charge in [-0.1, -0.05) is 376 Å². The fraction of sp³-hybridized carbons (Fsp3) is 0.114. The first-order chi connectivity index (χ1) is 50.4. The largest absolute Gasteiger partial charge is 0.203 e. The van der Waals surface area contributed by atoms with E-state index >= 15 is 30.7 Å². The van der Waals surface area contributed by atoms with Gasteiger partial charge in [0.1, 0.15) is 0 Å². The zero-order valence-corrected chi connectivity index (χ0v) is 63.7. The molecule has 0 bridgehead atoms. The van der Waals surface area contributed by atoms with Crippen molar-refractivity contribution >= 4 is 126 Å². The minimum Gasteiger partial charge on any atom is -0.203 e. The maximum Gasteiger partial charge on any atom is 0.198 e. The maximum absolute atomic E-state index is 16.5. The van der Waals surface area contributed by atoms with E-state index in [2.05, 4.69) is 205 Å². The molecule has 13 aromatic carbocycles. The van der Waals surface area contributed by atoms with Crippen molar-refractivity contribution in [1.29, 1.82) is 0 Å². The summed E-state index contributed by atoms with van der Waals surface area (Å²) in [5, 5.41) is 8.75. The van der Waals surface area contributed by atoms with Gasteiger partial charge in [-0.05, 0) is 115 Å². The summed E-state index contributed by atoms with van der Waals surface area (Å²) < 4.78 is 126. The maximum atomic E-state index is 16.5. The van der Waals surface area contributed by atoms with Crippen LogP contribution < -0.4 is 69.0 Å². The molecule has 0 aromatic heterocycles. The van der Waals surface area contributed by atoms with Crippen molar-refractivity contribution in [1.82, 2.24) is 0 Å². The van der Waals surface area contributed by atoms with Crippen LogP contribution in [-0.4, -0.2) is 24.1 Å². The summed E-state index contributed by atoms with van der Waals surface area (Å²) in [6.45, 7) is 4.58. The van der Waals surface area contributed by atoms with E-state index in [0.717, 1.165) is 0 Å². The van der Waals surface area contributed by atoms with Gasteiger partial charge in [0.15, 0.2) is 46.5 Å². The number of unbranched alkanes of at least 4 members (excludes halogenated alkanes) is 2. The number of benzene rings is 13. The lowest BCUT2D eigenvalue weighted by Gasteiger charge is -2.30. The van der Waals surface area contributed by atoms with Crippen molar-refractivity contribution < 1.29 is 35.1 Å². The summed E-state index contributed by atoms with van der Waals surface area (Å²) in [7, 11) is -3.71. The van der Waals surface area contributed by atoms with Crippen LogP contribution in [0.4, 0.5) is 35.1 Å². The molecule has 0 radical (unpaired) electrons. The van der Waals surface area contributed by atoms with E-state index in [1.54, 1.807) is 78.1 Å². The molecule has 15 heteroatoms. The van der Waals surface area contributed by atoms with Crippen molar-refractivity contribution in [2.24, 2.45) is 0 Å². The predicted molar refractivity (Wildman–Crippen MR) is 438 cm³/mol. The standard InChI is InChI=1S/C36H20F8P2.C32H29P3.C14H23P.C6H7P/c37-26-25(21-13-5-1-6-14-21)34(31(42)28(39)27(26)38)46(24-19-11-4-12-20-24)36-33(44)30(41)29(40)32(43)35(36)45(22-15-7-2-8-16-22)23-17-9-3-10-18-23;1-6-16-28(17-7-1)33(26-34(29-18-8-2-9-19-29)30-20-10-3-11-21-30)27-35(31-22-12-4-13-23-31)32-24-14-5-15-25-32;1-3-5-12-15(13-6-4-2)14-10-8-7-9-11-14;7-6-4-2-1-3-5-6/h1-20H;1-25H,26-27H2;7-11H,3-6,12-13H2,1-2H3;1-5H,7H2. The first-order valence-corrected chi connectivity index (χ1v) is 43.8. The molecule has 2 atom stereocenters. The van der Waals surface area contributed by atoms with E-state index in [4.69, 9.17) is 0 Å². The van der Waals surface area contributed by atoms with Gasteiger partial charge in [0, 0.05) is 33.3 Å². The fourth-order valence-corrected chi connectivity index (χ4v) is 31.2. The van der Waals surface area contributed by atoms with Gasteiger partial charge < -0.3 is 0 Å². The second-order valence-corrected chi connectivity index (χ2v) is 38.8. The lowest BCUT2D eigenvalue weighted by atomic mass is 10.0. The number of rotatable bonds is 23. The van der Waals surface area contributed by atoms with Crippen LogP contribution in [-0.2, 0) is 0 Å². The molecule has 0 saturated carbocycles. The second kappa shape index (κ2) is 40.5. The van der Waals surface area contributed by atoms with Crippen LogP contribution in [0.1, 0.15) is 39.5 Å². The van der Waals surface area contributed by atoms with Crippen LogP contribution >= 0.6 is 56.8 Å². The van der Waals surface area contributed by atoms with Crippen molar-refractivity contribution in [3.8, 4) is 11.1 Å². The van der Waals surface area contributed by atoms with E-state index in [1.165, 1.54) is 130 Å². The van der Waals surface area contributed by atoms with Gasteiger partial charge in [0.2, 0.25) is 0 Å². The van der Waals surface area contributed by atoms with Gasteiger partial charge in [-0.15, -0.1) is 9.24 Å². The lowest BCUT2D eigenvalue weighted by Crippen LogP contribution is -2.41. The second-order valence-electron chi connectivity index (χ2n) is 23.8. The Morgan fingerprint density at radius 3 is 0.786 bits per heavy atom. The van der Waals surface area contributed by atoms with Gasteiger partial charge in [-0.2, -0.15) is 0 Å². The van der Waals surface area contributed by atoms with Crippen molar-refractivity contribution in [2.75, 3.05) is 24.1 Å². The third-order valence-electron chi connectivity index (χ3n) is 16.7. The van der Waals surface area contributed by atoms with E-state index < -0.39 is 99.7 Å². The van der Waals surface area contributed by atoms with E-state index in [9.17, 15) is 4.39 Å². The summed E-state index contributed by atoms with van der Waals surface area (Å²) in [6, 6.07) is 108. The summed E-state index contributed by atoms with van der Waals surface area (Å²) in [5.74, 6) is -13.4. The molecule has 0 aliphatic rings. The SMILES string of the molecule is CCCCP(CCCC)c1ccccc1.Fc1c(F)c(F)c(P(c2ccccc2)c2c(F)c(F)c(F)c(F)c2P(c2ccccc2)c2ccccc2)c(-c2ccccc2)c1F.Pc1ccccc1.c1ccc(P(CP(c2ccccc2)c2ccccc2)CP(c2ccccc2)c2ccccc2)cc1. The molecule has 0 fully saturated rings. The van der Waals surface area contributed by atoms with Crippen LogP contribution in [0.25, 0.3) is 11.1 Å². The highest BCUT2D eigenvalue weighted by Crippen LogP contribution is 2.56. The van der Waals surface area contributed by atoms with Crippen molar-refractivity contribution in [3.05, 3.63) is 380 Å². The summed E-state index contributed by atoms with van der Waals surface area (Å²) in [6.07, 6.45) is 8.30. The van der Waals surface area contributed by atoms with Crippen molar-refractivity contribution in [3.63, 3.8) is 0 Å². The Morgan fingerprint density at radius 1 is 0.243 bits per heavy atom. The molecule has 0 nitrogen and oxygen atoms in total. The Labute approximate surface area is 611 Å². The van der Waals surface area contributed by atoms with E-state index in [-0.39, 0.29) is 26.7 Å².